The smallest absolute Gasteiger partial charge is 0.306 e. The van der Waals surface area contributed by atoms with Crippen molar-refractivity contribution in [2.75, 3.05) is 13.2 Å². The molecule has 6 heteroatoms. The van der Waals surface area contributed by atoms with E-state index in [4.69, 9.17) is 14.2 Å². The van der Waals surface area contributed by atoms with Crippen molar-refractivity contribution in [2.24, 2.45) is 0 Å². The second-order valence-electron chi connectivity index (χ2n) is 16.9. The van der Waals surface area contributed by atoms with E-state index in [1.54, 1.807) is 0 Å². The lowest BCUT2D eigenvalue weighted by atomic mass is 10.0. The van der Waals surface area contributed by atoms with Crippen molar-refractivity contribution >= 4 is 17.9 Å². The zero-order chi connectivity index (χ0) is 46.5. The van der Waals surface area contributed by atoms with Crippen molar-refractivity contribution in [3.05, 3.63) is 109 Å². The number of ether oxygens (including phenoxy) is 3. The molecule has 0 aliphatic heterocycles. The number of unbranched alkanes of at least 4 members (excludes halogenated alkanes) is 23. The largest absolute Gasteiger partial charge is 0.462 e. The monoisotopic (exact) mass is 887 g/mol. The second-order valence-corrected chi connectivity index (χ2v) is 16.9. The molecule has 0 spiro atoms. The Morgan fingerprint density at radius 1 is 0.328 bits per heavy atom. The molecule has 0 aliphatic carbocycles. The van der Waals surface area contributed by atoms with Crippen molar-refractivity contribution in [1.29, 1.82) is 0 Å². The van der Waals surface area contributed by atoms with Crippen LogP contribution in [0.1, 0.15) is 220 Å². The van der Waals surface area contributed by atoms with Crippen molar-refractivity contribution in [2.45, 2.75) is 226 Å². The number of allylic oxidation sites excluding steroid dienone is 18. The van der Waals surface area contributed by atoms with Crippen LogP contribution in [0.3, 0.4) is 0 Å². The van der Waals surface area contributed by atoms with Crippen LogP contribution in [0.15, 0.2) is 109 Å². The Morgan fingerprint density at radius 2 is 0.609 bits per heavy atom. The average molecular weight is 887 g/mol. The molecule has 0 N–H and O–H groups in total. The second kappa shape index (κ2) is 51.7. The molecule has 0 aromatic heterocycles. The van der Waals surface area contributed by atoms with Crippen LogP contribution in [0.2, 0.25) is 0 Å². The van der Waals surface area contributed by atoms with E-state index >= 15 is 0 Å². The van der Waals surface area contributed by atoms with Crippen LogP contribution in [0.25, 0.3) is 0 Å². The number of rotatable bonds is 45. The molecule has 0 amide bonds. The number of hydrogen-bond donors (Lipinski definition) is 0. The summed E-state index contributed by atoms with van der Waals surface area (Å²) in [5.74, 6) is -0.973. The van der Waals surface area contributed by atoms with Gasteiger partial charge in [-0.3, -0.25) is 14.4 Å². The van der Waals surface area contributed by atoms with E-state index in [1.807, 2.05) is 48.6 Å². The van der Waals surface area contributed by atoms with Crippen molar-refractivity contribution in [1.82, 2.24) is 0 Å². The fourth-order valence-corrected chi connectivity index (χ4v) is 6.83. The molecule has 0 fully saturated rings. The lowest BCUT2D eigenvalue weighted by Crippen LogP contribution is -2.30. The fourth-order valence-electron chi connectivity index (χ4n) is 6.83. The molecule has 0 aromatic rings. The summed E-state index contributed by atoms with van der Waals surface area (Å²) in [5, 5.41) is 0. The van der Waals surface area contributed by atoms with Crippen LogP contribution in [0, 0.1) is 0 Å². The first kappa shape index (κ1) is 60.1. The molecule has 64 heavy (non-hydrogen) atoms. The highest BCUT2D eigenvalue weighted by molar-refractivity contribution is 5.71. The third-order valence-corrected chi connectivity index (χ3v) is 10.7. The summed E-state index contributed by atoms with van der Waals surface area (Å²) in [4.78, 5) is 38.0. The predicted octanol–water partition coefficient (Wildman–Crippen LogP) is 17.1. The highest BCUT2D eigenvalue weighted by Crippen LogP contribution is 2.14. The minimum absolute atomic E-state index is 0.104. The normalized spacial score (nSPS) is 13.0. The van der Waals surface area contributed by atoms with Gasteiger partial charge in [-0.25, -0.2) is 0 Å². The summed E-state index contributed by atoms with van der Waals surface area (Å²) in [7, 11) is 0. The summed E-state index contributed by atoms with van der Waals surface area (Å²) in [6.45, 7) is 6.39. The van der Waals surface area contributed by atoms with Crippen LogP contribution in [0.5, 0.6) is 0 Å². The van der Waals surface area contributed by atoms with Gasteiger partial charge in [-0.05, 0) is 64.2 Å². The van der Waals surface area contributed by atoms with E-state index < -0.39 is 6.10 Å². The van der Waals surface area contributed by atoms with Crippen LogP contribution in [-0.4, -0.2) is 37.2 Å². The Morgan fingerprint density at radius 3 is 1.00 bits per heavy atom. The van der Waals surface area contributed by atoms with Crippen molar-refractivity contribution in [3.8, 4) is 0 Å². The number of hydrogen-bond acceptors (Lipinski definition) is 6. The molecule has 0 rings (SSSR count). The third-order valence-electron chi connectivity index (χ3n) is 10.7. The van der Waals surface area contributed by atoms with Gasteiger partial charge in [0.25, 0.3) is 0 Å². The average Bonchev–Trinajstić information content (AvgIpc) is 3.29. The Labute approximate surface area is 393 Å². The van der Waals surface area contributed by atoms with Gasteiger partial charge in [-0.1, -0.05) is 246 Å². The molecule has 0 saturated heterocycles. The van der Waals surface area contributed by atoms with Gasteiger partial charge in [0.2, 0.25) is 0 Å². The van der Waals surface area contributed by atoms with Gasteiger partial charge in [-0.15, -0.1) is 0 Å². The van der Waals surface area contributed by atoms with E-state index in [0.717, 1.165) is 89.9 Å². The van der Waals surface area contributed by atoms with E-state index in [2.05, 4.69) is 81.5 Å². The molecule has 1 atom stereocenters. The van der Waals surface area contributed by atoms with E-state index in [0.29, 0.717) is 19.3 Å². The Bertz CT molecular complexity index is 1340. The van der Waals surface area contributed by atoms with Gasteiger partial charge in [0.1, 0.15) is 13.2 Å². The summed E-state index contributed by atoms with van der Waals surface area (Å²) in [6.07, 6.45) is 69.2. The van der Waals surface area contributed by atoms with Gasteiger partial charge >= 0.3 is 17.9 Å². The minimum Gasteiger partial charge on any atom is -0.462 e. The molecule has 0 saturated carbocycles. The van der Waals surface area contributed by atoms with Crippen LogP contribution >= 0.6 is 0 Å². The molecule has 1 unspecified atom stereocenters. The molecule has 0 bridgehead atoms. The quantitative estimate of drug-likeness (QED) is 0.0262. The van der Waals surface area contributed by atoms with Gasteiger partial charge in [0, 0.05) is 19.3 Å². The summed E-state index contributed by atoms with van der Waals surface area (Å²) >= 11 is 0. The molecule has 0 heterocycles. The lowest BCUT2D eigenvalue weighted by molar-refractivity contribution is -0.167. The van der Waals surface area contributed by atoms with E-state index in [9.17, 15) is 14.4 Å². The predicted molar refractivity (Wildman–Crippen MR) is 274 cm³/mol. The Balaban J connectivity index is 4.52. The molecule has 362 valence electrons. The maximum Gasteiger partial charge on any atom is 0.306 e. The van der Waals surface area contributed by atoms with Crippen LogP contribution in [-0.2, 0) is 28.6 Å². The van der Waals surface area contributed by atoms with Gasteiger partial charge in [0.05, 0.1) is 0 Å². The van der Waals surface area contributed by atoms with Crippen LogP contribution < -0.4 is 0 Å². The van der Waals surface area contributed by atoms with E-state index in [-0.39, 0.29) is 37.5 Å². The summed E-state index contributed by atoms with van der Waals surface area (Å²) < 4.78 is 16.7. The summed E-state index contributed by atoms with van der Waals surface area (Å²) in [5.41, 5.74) is 0. The maximum atomic E-state index is 12.8. The third kappa shape index (κ3) is 49.1. The molecular weight excluding hydrogens is 793 g/mol. The standard InChI is InChI=1S/C58H94O6/c1-4-7-10-13-16-19-22-25-27-28-29-31-33-36-39-42-45-48-51-57(60)63-54-55(53-62-56(59)50-47-44-41-38-35-32-24-21-18-15-12-9-6-3)64-58(61)52-49-46-43-40-37-34-30-26-23-20-17-14-11-8-5-2/h8,11,14,16-17,19-20,22-23,25-31,34,37,55H,4-7,9-10,12-13,15,18,21,24,32-33,35-36,38-54H2,1-3H3/b11-8-,17-14-,19-16-,23-20-,25-22-,28-27-,30-26-,31-29-,37-34-. The number of carbonyl (C=O) groups excluding carboxylic acids is 3. The molecule has 0 aromatic carbocycles. The zero-order valence-electron chi connectivity index (χ0n) is 41.3. The van der Waals surface area contributed by atoms with Crippen molar-refractivity contribution < 1.29 is 28.6 Å². The van der Waals surface area contributed by atoms with Gasteiger partial charge < -0.3 is 14.2 Å². The molecule has 0 aliphatic rings. The molecule has 6 nitrogen and oxygen atoms in total. The fraction of sp³-hybridized carbons (Fsp3) is 0.638. The van der Waals surface area contributed by atoms with Gasteiger partial charge in [0.15, 0.2) is 6.10 Å². The first-order chi connectivity index (χ1) is 31.5. The number of carbonyl (C=O) groups is 3. The minimum atomic E-state index is -0.810. The topological polar surface area (TPSA) is 78.9 Å². The Hall–Kier alpha value is -3.93. The molecule has 0 radical (unpaired) electrons. The van der Waals surface area contributed by atoms with Crippen molar-refractivity contribution in [3.63, 3.8) is 0 Å². The zero-order valence-corrected chi connectivity index (χ0v) is 41.3. The Kier molecular flexibility index (Phi) is 48.5. The highest BCUT2D eigenvalue weighted by atomic mass is 16.6. The lowest BCUT2D eigenvalue weighted by Gasteiger charge is -2.18. The highest BCUT2D eigenvalue weighted by Gasteiger charge is 2.19. The van der Waals surface area contributed by atoms with E-state index in [1.165, 1.54) is 83.5 Å². The van der Waals surface area contributed by atoms with Crippen LogP contribution in [0.4, 0.5) is 0 Å². The molecular formula is C58H94O6. The SMILES string of the molecule is CC\C=C/C=C\C=C/C=C\C=C/CCCCCC(=O)OC(COC(=O)CCCCCCC\C=C/C=C\C=C/C=C\CCCCC)COC(=O)CCCCCCCCCCCCCCC. The first-order valence-corrected chi connectivity index (χ1v) is 26.0. The first-order valence-electron chi connectivity index (χ1n) is 26.0. The number of esters is 3. The maximum absolute atomic E-state index is 12.8. The van der Waals surface area contributed by atoms with Gasteiger partial charge in [-0.2, -0.15) is 0 Å². The summed E-state index contributed by atoms with van der Waals surface area (Å²) in [6, 6.07) is 0.